The number of rotatable bonds is 10. The number of ether oxygens (including phenoxy) is 5. The van der Waals surface area contributed by atoms with Gasteiger partial charge in [-0.25, -0.2) is 0 Å². The van der Waals surface area contributed by atoms with Crippen molar-refractivity contribution in [2.75, 3.05) is 6.61 Å². The lowest BCUT2D eigenvalue weighted by atomic mass is 9.97. The van der Waals surface area contributed by atoms with Crippen molar-refractivity contribution in [2.24, 2.45) is 7.05 Å². The molecule has 1 N–H and O–H groups in total. The first-order valence-corrected chi connectivity index (χ1v) is 13.0. The van der Waals surface area contributed by atoms with Crippen LogP contribution in [0, 0.1) is 6.92 Å². The molecule has 1 aliphatic heterocycles. The number of nitrogens with one attached hydrogen (secondary N) is 1. The second kappa shape index (κ2) is 13.4. The van der Waals surface area contributed by atoms with Crippen LogP contribution in [-0.4, -0.2) is 75.0 Å². The number of aryl methyl sites for hydroxylation is 1. The van der Waals surface area contributed by atoms with Crippen LogP contribution in [0.2, 0.25) is 0 Å². The van der Waals surface area contributed by atoms with Gasteiger partial charge in [-0.1, -0.05) is 29.5 Å². The van der Waals surface area contributed by atoms with E-state index in [-0.39, 0.29) is 13.2 Å². The molecular formula is C25H32N4O9S. The highest BCUT2D eigenvalue weighted by Gasteiger charge is 2.51. The molecule has 1 aromatic carbocycles. The lowest BCUT2D eigenvalue weighted by Crippen LogP contribution is -2.65. The fourth-order valence-electron chi connectivity index (χ4n) is 3.85. The van der Waals surface area contributed by atoms with Gasteiger partial charge in [0.25, 0.3) is 0 Å². The SMILES string of the molecule is CC(=O)N[C@H]1[C@H](OC(C)=O)[C@H](OC(C)=O)[C@@H](COC(C)=O)O[C@H]1Sc1nnc(COc2ccc(C)cc2)n1C. The van der Waals surface area contributed by atoms with Gasteiger partial charge < -0.3 is 33.6 Å². The highest BCUT2D eigenvalue weighted by Crippen LogP contribution is 2.35. The number of hydrogen-bond donors (Lipinski definition) is 1. The molecule has 0 aliphatic carbocycles. The van der Waals surface area contributed by atoms with Gasteiger partial charge in [-0.2, -0.15) is 0 Å². The number of aromatic nitrogens is 3. The molecule has 1 aliphatic rings. The monoisotopic (exact) mass is 564 g/mol. The smallest absolute Gasteiger partial charge is 0.303 e. The van der Waals surface area contributed by atoms with Gasteiger partial charge in [0, 0.05) is 34.7 Å². The first-order valence-electron chi connectivity index (χ1n) is 12.1. The van der Waals surface area contributed by atoms with Crippen LogP contribution in [0.15, 0.2) is 29.4 Å². The van der Waals surface area contributed by atoms with Crippen molar-refractivity contribution < 1.29 is 42.9 Å². The molecule has 1 saturated heterocycles. The Morgan fingerprint density at radius 2 is 1.62 bits per heavy atom. The molecule has 2 aromatic rings. The largest absolute Gasteiger partial charge is 0.486 e. The molecule has 39 heavy (non-hydrogen) atoms. The van der Waals surface area contributed by atoms with Crippen molar-refractivity contribution in [2.45, 2.75) is 76.2 Å². The number of esters is 3. The van der Waals surface area contributed by atoms with Crippen LogP contribution in [0.5, 0.6) is 5.75 Å². The van der Waals surface area contributed by atoms with E-state index >= 15 is 0 Å². The lowest BCUT2D eigenvalue weighted by molar-refractivity contribution is -0.211. The van der Waals surface area contributed by atoms with Crippen LogP contribution in [0.4, 0.5) is 0 Å². The van der Waals surface area contributed by atoms with Gasteiger partial charge in [-0.15, -0.1) is 10.2 Å². The summed E-state index contributed by atoms with van der Waals surface area (Å²) in [6, 6.07) is 6.62. The van der Waals surface area contributed by atoms with E-state index in [2.05, 4.69) is 15.5 Å². The first kappa shape index (κ1) is 29.9. The van der Waals surface area contributed by atoms with Crippen molar-refractivity contribution in [1.29, 1.82) is 0 Å². The quantitative estimate of drug-likeness (QED) is 0.328. The fourth-order valence-corrected chi connectivity index (χ4v) is 4.98. The highest BCUT2D eigenvalue weighted by atomic mass is 32.2. The van der Waals surface area contributed by atoms with Crippen LogP contribution in [0.3, 0.4) is 0 Å². The summed E-state index contributed by atoms with van der Waals surface area (Å²) in [5.74, 6) is -1.16. The second-order valence-corrected chi connectivity index (χ2v) is 9.96. The number of thioether (sulfide) groups is 1. The maximum atomic E-state index is 12.1. The van der Waals surface area contributed by atoms with Gasteiger partial charge in [0.15, 0.2) is 23.2 Å². The van der Waals surface area contributed by atoms with E-state index in [0.717, 1.165) is 17.3 Å². The predicted octanol–water partition coefficient (Wildman–Crippen LogP) is 1.45. The summed E-state index contributed by atoms with van der Waals surface area (Å²) in [6.07, 6.45) is -3.33. The fraction of sp³-hybridized carbons (Fsp3) is 0.520. The van der Waals surface area contributed by atoms with Crippen LogP contribution < -0.4 is 10.1 Å². The Morgan fingerprint density at radius 3 is 2.21 bits per heavy atom. The Balaban J connectivity index is 1.88. The zero-order valence-electron chi connectivity index (χ0n) is 22.5. The third-order valence-corrected chi connectivity index (χ3v) is 6.81. The maximum Gasteiger partial charge on any atom is 0.303 e. The molecule has 2 heterocycles. The molecule has 0 bridgehead atoms. The Morgan fingerprint density at radius 1 is 0.974 bits per heavy atom. The second-order valence-electron chi connectivity index (χ2n) is 8.90. The number of benzene rings is 1. The van der Waals surface area contributed by atoms with Crippen molar-refractivity contribution in [3.63, 3.8) is 0 Å². The van der Waals surface area contributed by atoms with Gasteiger partial charge in [0.2, 0.25) is 5.91 Å². The molecule has 1 fully saturated rings. The predicted molar refractivity (Wildman–Crippen MR) is 136 cm³/mol. The third kappa shape index (κ3) is 8.42. The Labute approximate surface area is 229 Å². The summed E-state index contributed by atoms with van der Waals surface area (Å²) < 4.78 is 29.8. The van der Waals surface area contributed by atoms with Crippen LogP contribution in [0.1, 0.15) is 39.1 Å². The molecule has 5 atom stereocenters. The molecule has 3 rings (SSSR count). The topological polar surface area (TPSA) is 157 Å². The standard InChI is InChI=1S/C25H32N4O9S/c1-13-7-9-18(10-8-13)35-12-20-27-28-25(29(20)6)39-24-21(26-14(2)30)23(37-17(5)33)22(36-16(4)32)19(38-24)11-34-15(3)31/h7-10,19,21-24H,11-12H2,1-6H3,(H,26,30)/t19-,21+,22-,23+,24+/m1/s1. The number of carbonyl (C=O) groups is 4. The van der Waals surface area contributed by atoms with Gasteiger partial charge in [0.05, 0.1) is 0 Å². The molecule has 1 amide bonds. The molecular weight excluding hydrogens is 532 g/mol. The van der Waals surface area contributed by atoms with Crippen molar-refractivity contribution in [1.82, 2.24) is 20.1 Å². The minimum Gasteiger partial charge on any atom is -0.486 e. The van der Waals surface area contributed by atoms with E-state index in [0.29, 0.717) is 16.7 Å². The summed E-state index contributed by atoms with van der Waals surface area (Å²) in [4.78, 5) is 47.6. The maximum absolute atomic E-state index is 12.1. The van der Waals surface area contributed by atoms with Gasteiger partial charge in [0.1, 0.15) is 36.5 Å². The lowest BCUT2D eigenvalue weighted by Gasteiger charge is -2.44. The molecule has 0 spiro atoms. The molecule has 1 aromatic heterocycles. The molecule has 0 saturated carbocycles. The van der Waals surface area contributed by atoms with Crippen molar-refractivity contribution in [3.8, 4) is 5.75 Å². The number of amides is 1. The zero-order chi connectivity index (χ0) is 28.7. The van der Waals surface area contributed by atoms with E-state index in [1.807, 2.05) is 31.2 Å². The van der Waals surface area contributed by atoms with Gasteiger partial charge >= 0.3 is 17.9 Å². The normalized spacial score (nSPS) is 22.5. The van der Waals surface area contributed by atoms with Crippen molar-refractivity contribution in [3.05, 3.63) is 35.7 Å². The zero-order valence-corrected chi connectivity index (χ0v) is 23.4. The molecule has 13 nitrogen and oxygen atoms in total. The van der Waals surface area contributed by atoms with Gasteiger partial charge in [-0.05, 0) is 19.1 Å². The van der Waals surface area contributed by atoms with E-state index in [4.69, 9.17) is 23.7 Å². The van der Waals surface area contributed by atoms with Crippen LogP contribution in [-0.2, 0) is 51.8 Å². The van der Waals surface area contributed by atoms with Crippen molar-refractivity contribution >= 4 is 35.6 Å². The number of hydrogen-bond acceptors (Lipinski definition) is 12. The Kier molecular flexibility index (Phi) is 10.3. The molecule has 14 heteroatoms. The molecule has 0 unspecified atom stereocenters. The van der Waals surface area contributed by atoms with Gasteiger partial charge in [-0.3, -0.25) is 19.2 Å². The van der Waals surface area contributed by atoms with E-state index in [1.54, 1.807) is 11.6 Å². The summed E-state index contributed by atoms with van der Waals surface area (Å²) >= 11 is 1.10. The Hall–Kier alpha value is -3.65. The third-order valence-electron chi connectivity index (χ3n) is 5.61. The summed E-state index contributed by atoms with van der Waals surface area (Å²) in [5, 5.41) is 11.6. The number of carbonyl (C=O) groups excluding carboxylic acids is 4. The van der Waals surface area contributed by atoms with E-state index in [1.165, 1.54) is 27.7 Å². The van der Waals surface area contributed by atoms with Crippen LogP contribution >= 0.6 is 11.8 Å². The van der Waals surface area contributed by atoms with E-state index in [9.17, 15) is 19.2 Å². The Bertz CT molecular complexity index is 1190. The minimum atomic E-state index is -1.17. The molecule has 0 radical (unpaired) electrons. The highest BCUT2D eigenvalue weighted by molar-refractivity contribution is 7.99. The minimum absolute atomic E-state index is 0.146. The average molecular weight is 565 g/mol. The first-order chi connectivity index (χ1) is 18.4. The van der Waals surface area contributed by atoms with Crippen LogP contribution in [0.25, 0.3) is 0 Å². The average Bonchev–Trinajstić information content (AvgIpc) is 3.19. The summed E-state index contributed by atoms with van der Waals surface area (Å²) in [7, 11) is 1.74. The summed E-state index contributed by atoms with van der Waals surface area (Å²) in [5.41, 5.74) is 0.204. The van der Waals surface area contributed by atoms with E-state index < -0.39 is 53.6 Å². The number of nitrogens with zero attached hydrogens (tertiary/aromatic N) is 3. The molecule has 212 valence electrons. The summed E-state index contributed by atoms with van der Waals surface area (Å²) in [6.45, 7) is 6.73.